The molecule has 1 aromatic carbocycles. The van der Waals surface area contributed by atoms with Crippen LogP contribution in [0, 0.1) is 5.92 Å². The first-order valence-corrected chi connectivity index (χ1v) is 5.17. The van der Waals surface area contributed by atoms with E-state index in [0.717, 1.165) is 5.92 Å². The summed E-state index contributed by atoms with van der Waals surface area (Å²) in [5.41, 5.74) is 7.39. The second kappa shape index (κ2) is 3.93. The van der Waals surface area contributed by atoms with E-state index in [4.69, 9.17) is 5.73 Å². The van der Waals surface area contributed by atoms with Gasteiger partial charge in [0, 0.05) is 6.04 Å². The van der Waals surface area contributed by atoms with E-state index in [1.165, 1.54) is 31.2 Å². The molecular weight excluding hydrogens is 158 g/mol. The van der Waals surface area contributed by atoms with Gasteiger partial charge in [0.1, 0.15) is 0 Å². The molecule has 1 unspecified atom stereocenters. The van der Waals surface area contributed by atoms with Gasteiger partial charge in [0.15, 0.2) is 0 Å². The molecule has 1 nitrogen and oxygen atoms in total. The topological polar surface area (TPSA) is 26.0 Å². The Bertz CT molecular complexity index is 251. The molecule has 1 aliphatic carbocycles. The molecule has 70 valence electrons. The fourth-order valence-corrected chi connectivity index (χ4v) is 1.92. The molecule has 0 spiro atoms. The Morgan fingerprint density at radius 3 is 2.46 bits per heavy atom. The summed E-state index contributed by atoms with van der Waals surface area (Å²) < 4.78 is 0. The number of nitrogens with two attached hydrogens (primary N) is 1. The maximum absolute atomic E-state index is 6.11. The Kier molecular flexibility index (Phi) is 2.65. The second-order valence-corrected chi connectivity index (χ2v) is 4.05. The van der Waals surface area contributed by atoms with E-state index in [0.29, 0.717) is 0 Å². The highest BCUT2D eigenvalue weighted by molar-refractivity contribution is 5.18. The van der Waals surface area contributed by atoms with Crippen molar-refractivity contribution in [1.29, 1.82) is 0 Å². The van der Waals surface area contributed by atoms with Gasteiger partial charge in [-0.15, -0.1) is 0 Å². The maximum Gasteiger partial charge on any atom is 0.0297 e. The van der Waals surface area contributed by atoms with Gasteiger partial charge in [-0.05, 0) is 17.9 Å². The smallest absolute Gasteiger partial charge is 0.0297 e. The van der Waals surface area contributed by atoms with Gasteiger partial charge in [-0.25, -0.2) is 0 Å². The van der Waals surface area contributed by atoms with Crippen molar-refractivity contribution in [2.75, 3.05) is 0 Å². The van der Waals surface area contributed by atoms with Crippen LogP contribution in [0.15, 0.2) is 30.3 Å². The molecule has 0 heterocycles. The highest BCUT2D eigenvalue weighted by Crippen LogP contribution is 2.33. The van der Waals surface area contributed by atoms with Crippen LogP contribution in [-0.4, -0.2) is 0 Å². The molecular formula is C12H17N. The molecule has 1 aromatic rings. The van der Waals surface area contributed by atoms with Crippen molar-refractivity contribution >= 4 is 0 Å². The van der Waals surface area contributed by atoms with Gasteiger partial charge in [-0.1, -0.05) is 49.6 Å². The van der Waals surface area contributed by atoms with Gasteiger partial charge < -0.3 is 5.73 Å². The van der Waals surface area contributed by atoms with Crippen LogP contribution in [0.5, 0.6) is 0 Å². The number of benzene rings is 1. The minimum absolute atomic E-state index is 0.256. The molecule has 0 aliphatic heterocycles. The fraction of sp³-hybridized carbons (Fsp3) is 0.500. The van der Waals surface area contributed by atoms with Gasteiger partial charge in [0.25, 0.3) is 0 Å². The first-order chi connectivity index (χ1) is 6.36. The second-order valence-electron chi connectivity index (χ2n) is 4.05. The highest BCUT2D eigenvalue weighted by atomic mass is 14.6. The Morgan fingerprint density at radius 1 is 1.23 bits per heavy atom. The third-order valence-electron chi connectivity index (χ3n) is 3.04. The lowest BCUT2D eigenvalue weighted by Crippen LogP contribution is -2.19. The zero-order chi connectivity index (χ0) is 9.10. The standard InChI is InChI=1S/C12H17N/c13-12(9-10-5-4-6-10)11-7-2-1-3-8-11/h1-3,7-8,10,12H,4-6,9,13H2. The lowest BCUT2D eigenvalue weighted by Gasteiger charge is -2.28. The number of rotatable bonds is 3. The molecule has 1 fully saturated rings. The van der Waals surface area contributed by atoms with Crippen molar-refractivity contribution < 1.29 is 0 Å². The van der Waals surface area contributed by atoms with Gasteiger partial charge in [0.05, 0.1) is 0 Å². The molecule has 1 heteroatoms. The molecule has 1 aliphatic rings. The first kappa shape index (κ1) is 8.76. The van der Waals surface area contributed by atoms with Crippen LogP contribution in [0.1, 0.15) is 37.3 Å². The summed E-state index contributed by atoms with van der Waals surface area (Å²) in [4.78, 5) is 0. The summed E-state index contributed by atoms with van der Waals surface area (Å²) in [6.07, 6.45) is 5.36. The monoisotopic (exact) mass is 175 g/mol. The van der Waals surface area contributed by atoms with E-state index in [-0.39, 0.29) is 6.04 Å². The Balaban J connectivity index is 1.92. The third-order valence-corrected chi connectivity index (χ3v) is 3.04. The summed E-state index contributed by atoms with van der Waals surface area (Å²) in [6.45, 7) is 0. The van der Waals surface area contributed by atoms with Crippen LogP contribution in [0.3, 0.4) is 0 Å². The van der Waals surface area contributed by atoms with Crippen molar-refractivity contribution in [2.24, 2.45) is 11.7 Å². The van der Waals surface area contributed by atoms with Crippen LogP contribution in [0.2, 0.25) is 0 Å². The molecule has 0 amide bonds. The lowest BCUT2D eigenvalue weighted by molar-refractivity contribution is 0.277. The van der Waals surface area contributed by atoms with Gasteiger partial charge in [-0.2, -0.15) is 0 Å². The molecule has 1 saturated carbocycles. The van der Waals surface area contributed by atoms with Crippen molar-refractivity contribution in [3.05, 3.63) is 35.9 Å². The molecule has 1 atom stereocenters. The fourth-order valence-electron chi connectivity index (χ4n) is 1.92. The quantitative estimate of drug-likeness (QED) is 0.751. The van der Waals surface area contributed by atoms with E-state index < -0.39 is 0 Å². The molecule has 2 N–H and O–H groups in total. The minimum Gasteiger partial charge on any atom is -0.324 e. The number of hydrogen-bond acceptors (Lipinski definition) is 1. The summed E-state index contributed by atoms with van der Waals surface area (Å²) in [5, 5.41) is 0. The summed E-state index contributed by atoms with van der Waals surface area (Å²) >= 11 is 0. The van der Waals surface area contributed by atoms with Gasteiger partial charge in [0.2, 0.25) is 0 Å². The normalized spacial score (nSPS) is 19.5. The predicted octanol–water partition coefficient (Wildman–Crippen LogP) is 2.88. The van der Waals surface area contributed by atoms with E-state index in [2.05, 4.69) is 24.3 Å². The average molecular weight is 175 g/mol. The van der Waals surface area contributed by atoms with Crippen molar-refractivity contribution in [1.82, 2.24) is 0 Å². The van der Waals surface area contributed by atoms with E-state index >= 15 is 0 Å². The summed E-state index contributed by atoms with van der Waals surface area (Å²) in [6, 6.07) is 10.7. The Labute approximate surface area is 80.0 Å². The van der Waals surface area contributed by atoms with Crippen LogP contribution in [0.25, 0.3) is 0 Å². The lowest BCUT2D eigenvalue weighted by atomic mass is 9.80. The molecule has 0 radical (unpaired) electrons. The highest BCUT2D eigenvalue weighted by Gasteiger charge is 2.20. The zero-order valence-corrected chi connectivity index (χ0v) is 7.95. The SMILES string of the molecule is NC(CC1CCC1)c1ccccc1. The van der Waals surface area contributed by atoms with Crippen LogP contribution >= 0.6 is 0 Å². The molecule has 2 rings (SSSR count). The van der Waals surface area contributed by atoms with Crippen LogP contribution in [0.4, 0.5) is 0 Å². The predicted molar refractivity (Wildman–Crippen MR) is 55.3 cm³/mol. The molecule has 0 saturated heterocycles. The number of hydrogen-bond donors (Lipinski definition) is 1. The third kappa shape index (κ3) is 2.10. The van der Waals surface area contributed by atoms with E-state index in [9.17, 15) is 0 Å². The van der Waals surface area contributed by atoms with Crippen molar-refractivity contribution in [3.63, 3.8) is 0 Å². The minimum atomic E-state index is 0.256. The van der Waals surface area contributed by atoms with Crippen LogP contribution in [-0.2, 0) is 0 Å². The van der Waals surface area contributed by atoms with Crippen molar-refractivity contribution in [2.45, 2.75) is 31.7 Å². The van der Waals surface area contributed by atoms with Crippen LogP contribution < -0.4 is 5.73 Å². The average Bonchev–Trinajstić information content (AvgIpc) is 2.12. The first-order valence-electron chi connectivity index (χ1n) is 5.17. The largest absolute Gasteiger partial charge is 0.324 e. The van der Waals surface area contributed by atoms with Gasteiger partial charge >= 0.3 is 0 Å². The molecule has 0 bridgehead atoms. The van der Waals surface area contributed by atoms with E-state index in [1.807, 2.05) is 6.07 Å². The Morgan fingerprint density at radius 2 is 1.92 bits per heavy atom. The summed E-state index contributed by atoms with van der Waals surface area (Å²) in [5.74, 6) is 0.898. The van der Waals surface area contributed by atoms with Crippen molar-refractivity contribution in [3.8, 4) is 0 Å². The summed E-state index contributed by atoms with van der Waals surface area (Å²) in [7, 11) is 0. The zero-order valence-electron chi connectivity index (χ0n) is 7.95. The van der Waals surface area contributed by atoms with E-state index in [1.54, 1.807) is 0 Å². The molecule has 13 heavy (non-hydrogen) atoms. The van der Waals surface area contributed by atoms with Gasteiger partial charge in [-0.3, -0.25) is 0 Å². The Hall–Kier alpha value is -0.820. The maximum atomic E-state index is 6.11. The molecule has 0 aromatic heterocycles.